The van der Waals surface area contributed by atoms with Crippen molar-refractivity contribution in [1.82, 2.24) is 5.32 Å². The molecule has 8 N–H and O–H groups in total. The molecule has 1 aliphatic heterocycles. The van der Waals surface area contributed by atoms with Gasteiger partial charge in [-0.2, -0.15) is 0 Å². The molecule has 7 aliphatic rings. The van der Waals surface area contributed by atoms with Gasteiger partial charge in [-0.25, -0.2) is 0 Å². The number of carboxylic acids is 1. The Morgan fingerprint density at radius 2 is 1.61 bits per heavy atom. The fourth-order valence-electron chi connectivity index (χ4n) is 15.9. The summed E-state index contributed by atoms with van der Waals surface area (Å²) in [4.78, 5) is 13.6. The summed E-state index contributed by atoms with van der Waals surface area (Å²) in [6.07, 6.45) is 5.74. The average molecular weight is 854 g/mol. The van der Waals surface area contributed by atoms with Gasteiger partial charge >= 0.3 is 5.97 Å². The van der Waals surface area contributed by atoms with Crippen LogP contribution < -0.4 is 5.32 Å². The Morgan fingerprint density at radius 1 is 0.885 bits per heavy atom. The van der Waals surface area contributed by atoms with Crippen LogP contribution in [0.4, 0.5) is 0 Å². The van der Waals surface area contributed by atoms with E-state index in [0.29, 0.717) is 38.5 Å². The van der Waals surface area contributed by atoms with Gasteiger partial charge < -0.3 is 55.3 Å². The number of benzene rings is 1. The molecule has 342 valence electrons. The molecular formula is C49H75NO11. The van der Waals surface area contributed by atoms with Crippen LogP contribution in [0, 0.1) is 55.7 Å². The van der Waals surface area contributed by atoms with Crippen molar-refractivity contribution in [1.29, 1.82) is 0 Å². The number of aliphatic hydroxyl groups is 6. The van der Waals surface area contributed by atoms with Gasteiger partial charge in [0.2, 0.25) is 0 Å². The molecule has 6 aliphatic carbocycles. The predicted molar refractivity (Wildman–Crippen MR) is 228 cm³/mol. The Hall–Kier alpha value is -1.97. The van der Waals surface area contributed by atoms with Gasteiger partial charge in [-0.05, 0) is 140 Å². The second-order valence-electron chi connectivity index (χ2n) is 22.1. The molecule has 0 spiro atoms. The highest BCUT2D eigenvalue weighted by atomic mass is 16.7. The number of hydrogen-bond donors (Lipinski definition) is 8. The number of nitrogens with one attached hydrogen (secondary N) is 1. The highest BCUT2D eigenvalue weighted by molar-refractivity contribution is 5.76. The zero-order valence-electron chi connectivity index (χ0n) is 37.3. The lowest BCUT2D eigenvalue weighted by Crippen LogP contribution is -2.73. The summed E-state index contributed by atoms with van der Waals surface area (Å²) in [6.45, 7) is 9.77. The van der Waals surface area contributed by atoms with Crippen molar-refractivity contribution in [3.63, 3.8) is 0 Å². The molecule has 8 rings (SSSR count). The largest absolute Gasteiger partial charge is 0.481 e. The van der Waals surface area contributed by atoms with Crippen LogP contribution in [0.1, 0.15) is 122 Å². The number of aliphatic carboxylic acids is 1. The zero-order chi connectivity index (χ0) is 43.8. The van der Waals surface area contributed by atoms with Gasteiger partial charge in [-0.15, -0.1) is 0 Å². The lowest BCUT2D eigenvalue weighted by Gasteiger charge is -2.77. The number of carbonyl (C=O) groups is 1. The number of fused-ring (bicyclic) bond motifs is 4. The van der Waals surface area contributed by atoms with Crippen molar-refractivity contribution in [2.75, 3.05) is 33.5 Å². The molecule has 5 saturated carbocycles. The summed E-state index contributed by atoms with van der Waals surface area (Å²) < 4.78 is 19.7. The number of aliphatic hydroxyl groups excluding tert-OH is 6. The monoisotopic (exact) mass is 854 g/mol. The average Bonchev–Trinajstić information content (AvgIpc) is 3.24. The number of rotatable bonds is 13. The minimum Gasteiger partial charge on any atom is -0.481 e. The summed E-state index contributed by atoms with van der Waals surface area (Å²) in [5.41, 5.74) is 0.0765. The molecule has 1 aromatic carbocycles. The number of hydrogen-bond acceptors (Lipinski definition) is 11. The first-order valence-electron chi connectivity index (χ1n) is 23.4. The van der Waals surface area contributed by atoms with Crippen LogP contribution in [-0.4, -0.2) is 112 Å². The molecule has 0 radical (unpaired) electrons. The third-order valence-corrected chi connectivity index (χ3v) is 18.9. The van der Waals surface area contributed by atoms with Crippen molar-refractivity contribution >= 4 is 5.97 Å². The van der Waals surface area contributed by atoms with Gasteiger partial charge in [0.15, 0.2) is 6.29 Å². The Morgan fingerprint density at radius 3 is 2.28 bits per heavy atom. The van der Waals surface area contributed by atoms with Gasteiger partial charge in [-0.3, -0.25) is 4.79 Å². The summed E-state index contributed by atoms with van der Waals surface area (Å²) in [6, 6.07) is 8.30. The van der Waals surface area contributed by atoms with Crippen LogP contribution in [0.2, 0.25) is 0 Å². The first-order chi connectivity index (χ1) is 28.9. The quantitative estimate of drug-likeness (QED) is 0.0969. The first kappa shape index (κ1) is 45.6. The maximum atomic E-state index is 13.6. The van der Waals surface area contributed by atoms with Crippen LogP contribution in [0.3, 0.4) is 0 Å². The van der Waals surface area contributed by atoms with Crippen LogP contribution in [-0.2, 0) is 32.2 Å². The molecule has 1 saturated heterocycles. The Bertz CT molecular complexity index is 1790. The van der Waals surface area contributed by atoms with E-state index in [1.54, 1.807) is 0 Å². The predicted octanol–water partition coefficient (Wildman–Crippen LogP) is 5.09. The van der Waals surface area contributed by atoms with E-state index in [1.165, 1.54) is 5.57 Å². The molecule has 0 aromatic heterocycles. The van der Waals surface area contributed by atoms with Gasteiger partial charge in [0.25, 0.3) is 0 Å². The van der Waals surface area contributed by atoms with Crippen molar-refractivity contribution in [2.24, 2.45) is 55.7 Å². The van der Waals surface area contributed by atoms with E-state index in [1.807, 2.05) is 7.05 Å². The van der Waals surface area contributed by atoms with Gasteiger partial charge in [-0.1, -0.05) is 70.0 Å². The third kappa shape index (κ3) is 6.94. The molecule has 1 aromatic rings. The summed E-state index contributed by atoms with van der Waals surface area (Å²) in [7, 11) is 1.92. The van der Waals surface area contributed by atoms with Crippen molar-refractivity contribution in [3.8, 4) is 0 Å². The Kier molecular flexibility index (Phi) is 12.3. The van der Waals surface area contributed by atoms with E-state index in [9.17, 15) is 40.5 Å². The zero-order valence-corrected chi connectivity index (χ0v) is 37.3. The minimum atomic E-state index is -1.50. The number of ether oxygens (including phenoxy) is 3. The molecule has 1 heterocycles. The van der Waals surface area contributed by atoms with E-state index in [4.69, 9.17) is 14.2 Å². The van der Waals surface area contributed by atoms with E-state index in [0.717, 1.165) is 62.6 Å². The third-order valence-electron chi connectivity index (χ3n) is 18.9. The van der Waals surface area contributed by atoms with Gasteiger partial charge in [0, 0.05) is 25.2 Å². The van der Waals surface area contributed by atoms with E-state index >= 15 is 0 Å². The minimum absolute atomic E-state index is 0.0271. The van der Waals surface area contributed by atoms with Crippen molar-refractivity contribution in [3.05, 3.63) is 47.0 Å². The summed E-state index contributed by atoms with van der Waals surface area (Å²) in [5, 5.41) is 79.6. The lowest BCUT2D eigenvalue weighted by molar-refractivity contribution is -0.339. The molecule has 12 nitrogen and oxygen atoms in total. The van der Waals surface area contributed by atoms with Crippen LogP contribution in [0.15, 0.2) is 35.9 Å². The van der Waals surface area contributed by atoms with Crippen LogP contribution in [0.25, 0.3) is 0 Å². The maximum Gasteiger partial charge on any atom is 0.310 e. The Balaban J connectivity index is 1.26. The SMILES string of the molecule is CNCc1ccc(COC2CC3(C)C(CCC45CCCC(CCCO)(C=C6C7CC(C)(CO)CCC7(C(=O)O)CCC64C)C35)C(C)(CO)C2OC2OCC(O)C(O)C2O)cc1. The van der Waals surface area contributed by atoms with Gasteiger partial charge in [0.05, 0.1) is 37.4 Å². The van der Waals surface area contributed by atoms with Crippen LogP contribution >= 0.6 is 0 Å². The summed E-state index contributed by atoms with van der Waals surface area (Å²) >= 11 is 0. The molecular weight excluding hydrogens is 779 g/mol. The second kappa shape index (κ2) is 16.5. The van der Waals surface area contributed by atoms with Crippen molar-refractivity contribution in [2.45, 2.75) is 161 Å². The fraction of sp³-hybridized carbons (Fsp3) is 0.816. The number of allylic oxidation sites excluding steroid dienone is 2. The highest BCUT2D eigenvalue weighted by Crippen LogP contribution is 2.82. The summed E-state index contributed by atoms with van der Waals surface area (Å²) in [5.74, 6) is -0.835. The highest BCUT2D eigenvalue weighted by Gasteiger charge is 2.76. The lowest BCUT2D eigenvalue weighted by atomic mass is 9.27. The molecule has 0 amide bonds. The molecule has 61 heavy (non-hydrogen) atoms. The Labute approximate surface area is 362 Å². The molecule has 6 fully saturated rings. The van der Waals surface area contributed by atoms with E-state index in [2.05, 4.69) is 63.4 Å². The van der Waals surface area contributed by atoms with E-state index < -0.39 is 59.0 Å². The molecule has 16 atom stereocenters. The van der Waals surface area contributed by atoms with Crippen LogP contribution in [0.5, 0.6) is 0 Å². The second-order valence-corrected chi connectivity index (χ2v) is 22.1. The number of carboxylic acid groups (broad SMARTS) is 1. The topological polar surface area (TPSA) is 198 Å². The fourth-order valence-corrected chi connectivity index (χ4v) is 15.9. The standard InChI is InChI=1S/C49H75NO11/c1-43(28-52)17-19-48(42(57)58)20-18-46(4)32(33(48)22-43)23-47(14-7-21-51)13-6-15-49(46)16-12-36-44(2,41(47)49)24-35(59-26-31-10-8-30(9-11-31)25-50-5)39(45(36,3)29-53)61-40-38(56)37(55)34(54)27-60-40/h8-11,23,33-41,50-56H,6-7,12-22,24-29H2,1-5H3,(H,57,58). The van der Waals surface area contributed by atoms with Crippen molar-refractivity contribution < 1.29 is 54.8 Å². The van der Waals surface area contributed by atoms with E-state index in [-0.39, 0.29) is 72.4 Å². The maximum absolute atomic E-state index is 13.6. The first-order valence-corrected chi connectivity index (χ1v) is 23.4. The molecule has 2 bridgehead atoms. The normalized spacial score (nSPS) is 47.9. The van der Waals surface area contributed by atoms with Gasteiger partial charge in [0.1, 0.15) is 18.3 Å². The smallest absolute Gasteiger partial charge is 0.310 e. The molecule has 12 heteroatoms. The molecule has 16 unspecified atom stereocenters.